The zero-order chi connectivity index (χ0) is 16.7. The van der Waals surface area contributed by atoms with Crippen LogP contribution >= 0.6 is 0 Å². The molecule has 4 heteroatoms. The van der Waals surface area contributed by atoms with Crippen molar-refractivity contribution in [2.45, 2.75) is 37.7 Å². The lowest BCUT2D eigenvalue weighted by Gasteiger charge is -2.55. The van der Waals surface area contributed by atoms with Crippen LogP contribution in [0.25, 0.3) is 0 Å². The van der Waals surface area contributed by atoms with E-state index in [1.54, 1.807) is 6.07 Å². The monoisotopic (exact) mass is 328 g/mol. The number of carbonyl (C=O) groups is 1. The summed E-state index contributed by atoms with van der Waals surface area (Å²) in [5.74, 6) is 1.56. The molecule has 1 aliphatic heterocycles. The van der Waals surface area contributed by atoms with Gasteiger partial charge in [-0.15, -0.1) is 0 Å². The number of amides is 1. The van der Waals surface area contributed by atoms with E-state index in [1.165, 1.54) is 38.6 Å². The van der Waals surface area contributed by atoms with E-state index in [-0.39, 0.29) is 11.5 Å². The first-order chi connectivity index (χ1) is 11.6. The van der Waals surface area contributed by atoms with Gasteiger partial charge in [-0.3, -0.25) is 4.79 Å². The molecule has 3 aliphatic rings. The predicted molar refractivity (Wildman–Crippen MR) is 93.6 cm³/mol. The van der Waals surface area contributed by atoms with Crippen molar-refractivity contribution in [1.82, 2.24) is 4.90 Å². The molecular weight excluding hydrogens is 300 g/mol. The molecule has 0 aromatic heterocycles. The van der Waals surface area contributed by atoms with E-state index in [4.69, 9.17) is 10.5 Å². The third-order valence-corrected chi connectivity index (χ3v) is 6.42. The minimum absolute atomic E-state index is 0.260. The molecule has 4 nitrogen and oxygen atoms in total. The Morgan fingerprint density at radius 1 is 1.25 bits per heavy atom. The smallest absolute Gasteiger partial charge is 0.248 e. The van der Waals surface area contributed by atoms with Crippen molar-refractivity contribution in [3.05, 3.63) is 35.4 Å². The summed E-state index contributed by atoms with van der Waals surface area (Å²) in [4.78, 5) is 14.3. The summed E-state index contributed by atoms with van der Waals surface area (Å²) in [6, 6.07) is 7.83. The topological polar surface area (TPSA) is 55.6 Å². The number of likely N-dealkylation sites (tertiary alicyclic amines) is 1. The molecule has 1 amide bonds. The van der Waals surface area contributed by atoms with Crippen LogP contribution in [0, 0.1) is 17.8 Å². The number of methoxy groups -OCH3 is 1. The molecular formula is C20H28N2O2. The first-order valence-electron chi connectivity index (χ1n) is 9.31. The maximum Gasteiger partial charge on any atom is 0.248 e. The van der Waals surface area contributed by atoms with Gasteiger partial charge in [0.1, 0.15) is 5.60 Å². The second kappa shape index (κ2) is 6.16. The summed E-state index contributed by atoms with van der Waals surface area (Å²) in [7, 11) is 1.85. The molecule has 0 unspecified atom stereocenters. The van der Waals surface area contributed by atoms with Crippen molar-refractivity contribution in [3.8, 4) is 0 Å². The van der Waals surface area contributed by atoms with Crippen molar-refractivity contribution < 1.29 is 9.53 Å². The number of benzene rings is 1. The zero-order valence-corrected chi connectivity index (χ0v) is 14.5. The summed E-state index contributed by atoms with van der Waals surface area (Å²) < 4.78 is 6.26. The number of nitrogens with two attached hydrogens (primary N) is 1. The highest BCUT2D eigenvalue weighted by Gasteiger charge is 2.53. The Labute approximate surface area is 144 Å². The number of fused-ring (bicyclic) bond motifs is 2. The van der Waals surface area contributed by atoms with Crippen LogP contribution in [-0.2, 0) is 10.3 Å². The van der Waals surface area contributed by atoms with Gasteiger partial charge in [0, 0.05) is 44.1 Å². The molecule has 0 spiro atoms. The average Bonchev–Trinajstić information content (AvgIpc) is 3.38. The zero-order valence-electron chi connectivity index (χ0n) is 14.5. The molecule has 3 fully saturated rings. The van der Waals surface area contributed by atoms with Crippen LogP contribution in [-0.4, -0.2) is 37.6 Å². The Kier molecular flexibility index (Phi) is 4.13. The Morgan fingerprint density at radius 3 is 2.54 bits per heavy atom. The first-order valence-corrected chi connectivity index (χ1v) is 9.31. The van der Waals surface area contributed by atoms with Gasteiger partial charge in [0.05, 0.1) is 0 Å². The fraction of sp³-hybridized carbons (Fsp3) is 0.650. The summed E-state index contributed by atoms with van der Waals surface area (Å²) in [5, 5.41) is 0. The molecule has 2 bridgehead atoms. The molecule has 1 heterocycles. The van der Waals surface area contributed by atoms with Gasteiger partial charge in [0.15, 0.2) is 0 Å². The molecule has 1 saturated heterocycles. The van der Waals surface area contributed by atoms with Crippen LogP contribution in [0.2, 0.25) is 0 Å². The fourth-order valence-electron chi connectivity index (χ4n) is 5.18. The summed E-state index contributed by atoms with van der Waals surface area (Å²) >= 11 is 0. The highest BCUT2D eigenvalue weighted by atomic mass is 16.5. The van der Waals surface area contributed by atoms with Gasteiger partial charge in [0.2, 0.25) is 5.91 Å². The fourth-order valence-corrected chi connectivity index (χ4v) is 5.18. The van der Waals surface area contributed by atoms with Gasteiger partial charge in [0.25, 0.3) is 0 Å². The maximum absolute atomic E-state index is 11.6. The van der Waals surface area contributed by atoms with E-state index in [0.29, 0.717) is 17.4 Å². The summed E-state index contributed by atoms with van der Waals surface area (Å²) in [6.45, 7) is 3.48. The summed E-state index contributed by atoms with van der Waals surface area (Å²) in [6.07, 6.45) is 6.50. The van der Waals surface area contributed by atoms with E-state index in [9.17, 15) is 4.79 Å². The highest BCUT2D eigenvalue weighted by Crippen LogP contribution is 2.52. The highest BCUT2D eigenvalue weighted by molar-refractivity contribution is 5.92. The van der Waals surface area contributed by atoms with Crippen molar-refractivity contribution in [1.29, 1.82) is 0 Å². The van der Waals surface area contributed by atoms with Gasteiger partial charge in [-0.1, -0.05) is 18.6 Å². The third-order valence-electron chi connectivity index (χ3n) is 6.42. The molecule has 2 N–H and O–H groups in total. The van der Waals surface area contributed by atoms with Crippen LogP contribution < -0.4 is 5.73 Å². The molecule has 1 aromatic carbocycles. The number of carbonyl (C=O) groups excluding carboxylic acids is 1. The van der Waals surface area contributed by atoms with E-state index in [0.717, 1.165) is 24.6 Å². The van der Waals surface area contributed by atoms with Crippen LogP contribution in [0.15, 0.2) is 24.3 Å². The number of nitrogens with zero attached hydrogens (tertiary/aromatic N) is 1. The Hall–Kier alpha value is -1.39. The van der Waals surface area contributed by atoms with Crippen LogP contribution in [0.4, 0.5) is 0 Å². The van der Waals surface area contributed by atoms with Crippen molar-refractivity contribution in [2.75, 3.05) is 26.7 Å². The quantitative estimate of drug-likeness (QED) is 0.904. The Balaban J connectivity index is 1.67. The second-order valence-electron chi connectivity index (χ2n) is 7.93. The van der Waals surface area contributed by atoms with Gasteiger partial charge in [-0.25, -0.2) is 0 Å². The average molecular weight is 328 g/mol. The minimum atomic E-state index is -0.362. The largest absolute Gasteiger partial charge is 0.373 e. The molecule has 2 saturated carbocycles. The lowest BCUT2D eigenvalue weighted by molar-refractivity contribution is -0.169. The Bertz CT molecular complexity index is 612. The number of ether oxygens (including phenoxy) is 1. The number of hydrogen-bond donors (Lipinski definition) is 1. The molecule has 130 valence electrons. The molecule has 24 heavy (non-hydrogen) atoms. The van der Waals surface area contributed by atoms with Crippen LogP contribution in [0.3, 0.4) is 0 Å². The molecule has 0 radical (unpaired) electrons. The van der Waals surface area contributed by atoms with Gasteiger partial charge in [-0.05, 0) is 49.3 Å². The van der Waals surface area contributed by atoms with E-state index < -0.39 is 0 Å². The Morgan fingerprint density at radius 2 is 1.96 bits per heavy atom. The lowest BCUT2D eigenvalue weighted by Crippen LogP contribution is -2.59. The van der Waals surface area contributed by atoms with E-state index in [2.05, 4.69) is 11.0 Å². The van der Waals surface area contributed by atoms with Gasteiger partial charge in [-0.2, -0.15) is 0 Å². The minimum Gasteiger partial charge on any atom is -0.373 e. The van der Waals surface area contributed by atoms with E-state index in [1.807, 2.05) is 19.2 Å². The van der Waals surface area contributed by atoms with Crippen molar-refractivity contribution in [3.63, 3.8) is 0 Å². The normalized spacial score (nSPS) is 33.4. The second-order valence-corrected chi connectivity index (χ2v) is 7.93. The number of piperidine rings is 1. The van der Waals surface area contributed by atoms with Gasteiger partial charge < -0.3 is 15.4 Å². The maximum atomic E-state index is 11.6. The molecule has 4 rings (SSSR count). The summed E-state index contributed by atoms with van der Waals surface area (Å²) in [5.41, 5.74) is 6.97. The van der Waals surface area contributed by atoms with Crippen molar-refractivity contribution in [2.24, 2.45) is 23.5 Å². The van der Waals surface area contributed by atoms with Crippen LogP contribution in [0.5, 0.6) is 0 Å². The van der Waals surface area contributed by atoms with Crippen LogP contribution in [0.1, 0.15) is 48.0 Å². The van der Waals surface area contributed by atoms with E-state index >= 15 is 0 Å². The molecule has 2 aliphatic carbocycles. The third kappa shape index (κ3) is 2.66. The molecule has 1 aromatic rings. The predicted octanol–water partition coefficient (Wildman–Crippen LogP) is 2.77. The number of hydrogen-bond acceptors (Lipinski definition) is 3. The SMILES string of the molecule is CO[C@@]1(c2cccc(C(N)=O)c2)[C@@H]2CCC[C@H]1CN(CC1CC1)C2. The first kappa shape index (κ1) is 16.1. The lowest BCUT2D eigenvalue weighted by atomic mass is 9.62. The number of primary amides is 1. The number of rotatable bonds is 5. The molecule has 3 atom stereocenters. The van der Waals surface area contributed by atoms with Crippen molar-refractivity contribution >= 4 is 5.91 Å². The van der Waals surface area contributed by atoms with Gasteiger partial charge >= 0.3 is 0 Å². The standard InChI is InChI=1S/C20H28N2O2/c1-24-20(16-5-2-4-15(10-16)19(21)23)17-6-3-7-18(20)13-22(12-17)11-14-8-9-14/h2,4-5,10,14,17-18H,3,6-9,11-13H2,1H3,(H2,21,23)/t17-,18+,20+.